The van der Waals surface area contributed by atoms with Gasteiger partial charge in [0, 0.05) is 12.2 Å². The van der Waals surface area contributed by atoms with Crippen LogP contribution in [0.1, 0.15) is 24.1 Å². The van der Waals surface area contributed by atoms with Gasteiger partial charge in [0.15, 0.2) is 0 Å². The van der Waals surface area contributed by atoms with E-state index in [2.05, 4.69) is 16.0 Å². The molecule has 0 amide bonds. The summed E-state index contributed by atoms with van der Waals surface area (Å²) >= 11 is 0. The topological polar surface area (TPSA) is 42.1 Å². The van der Waals surface area contributed by atoms with Crippen molar-refractivity contribution >= 4 is 5.82 Å². The molecule has 2 rings (SSSR count). The fourth-order valence-corrected chi connectivity index (χ4v) is 2.06. The molecule has 14 heavy (non-hydrogen) atoms. The zero-order valence-electron chi connectivity index (χ0n) is 8.66. The molecule has 2 N–H and O–H groups in total. The van der Waals surface area contributed by atoms with Crippen LogP contribution in [-0.2, 0) is 6.54 Å². The van der Waals surface area contributed by atoms with Crippen LogP contribution in [0, 0.1) is 6.92 Å². The van der Waals surface area contributed by atoms with E-state index in [-0.39, 0.29) is 0 Å². The highest BCUT2D eigenvalue weighted by Gasteiger charge is 2.11. The Balaban J connectivity index is 2.07. The predicted molar refractivity (Wildman–Crippen MR) is 57.9 cm³/mol. The van der Waals surface area contributed by atoms with Crippen molar-refractivity contribution in [1.82, 2.24) is 9.88 Å². The number of hydrogen-bond acceptors (Lipinski definition) is 3. The van der Waals surface area contributed by atoms with Crippen molar-refractivity contribution < 1.29 is 0 Å². The highest BCUT2D eigenvalue weighted by molar-refractivity contribution is 5.34. The second-order valence-electron chi connectivity index (χ2n) is 4.02. The number of aromatic nitrogens is 1. The zero-order chi connectivity index (χ0) is 9.97. The molecular weight excluding hydrogens is 174 g/mol. The molecule has 0 aliphatic carbocycles. The van der Waals surface area contributed by atoms with E-state index < -0.39 is 0 Å². The number of hydrogen-bond donors (Lipinski definition) is 1. The van der Waals surface area contributed by atoms with Gasteiger partial charge in [-0.1, -0.05) is 0 Å². The molecule has 0 unspecified atom stereocenters. The number of aryl methyl sites for hydroxylation is 1. The third kappa shape index (κ3) is 2.23. The fraction of sp³-hybridized carbons (Fsp3) is 0.545. The summed E-state index contributed by atoms with van der Waals surface area (Å²) in [6, 6.07) is 4.10. The molecule has 0 saturated carbocycles. The lowest BCUT2D eigenvalue weighted by Gasteiger charge is -2.14. The van der Waals surface area contributed by atoms with Gasteiger partial charge in [0.1, 0.15) is 5.82 Å². The molecule has 0 bridgehead atoms. The fourth-order valence-electron chi connectivity index (χ4n) is 2.06. The van der Waals surface area contributed by atoms with Crippen LogP contribution in [0.25, 0.3) is 0 Å². The Morgan fingerprint density at radius 2 is 2.07 bits per heavy atom. The second-order valence-corrected chi connectivity index (χ2v) is 4.02. The van der Waals surface area contributed by atoms with Crippen LogP contribution >= 0.6 is 0 Å². The van der Waals surface area contributed by atoms with E-state index in [4.69, 9.17) is 5.73 Å². The maximum atomic E-state index is 5.70. The number of nitrogen functional groups attached to an aromatic ring is 1. The SMILES string of the molecule is Cc1cc(CN2CCCC2)cc(N)n1. The van der Waals surface area contributed by atoms with Crippen LogP contribution in [0.3, 0.4) is 0 Å². The number of rotatable bonds is 2. The van der Waals surface area contributed by atoms with Crippen molar-refractivity contribution in [3.63, 3.8) is 0 Å². The Labute approximate surface area is 84.9 Å². The van der Waals surface area contributed by atoms with Gasteiger partial charge in [-0.05, 0) is 50.6 Å². The molecule has 2 heterocycles. The molecule has 0 spiro atoms. The first-order chi connectivity index (χ1) is 6.74. The molecule has 3 nitrogen and oxygen atoms in total. The second kappa shape index (κ2) is 3.96. The van der Waals surface area contributed by atoms with Crippen LogP contribution in [0.2, 0.25) is 0 Å². The largest absolute Gasteiger partial charge is 0.384 e. The van der Waals surface area contributed by atoms with Crippen LogP contribution in [0.4, 0.5) is 5.82 Å². The average Bonchev–Trinajstić information content (AvgIpc) is 2.54. The standard InChI is InChI=1S/C11H17N3/c1-9-6-10(7-11(12)13-9)8-14-4-2-3-5-14/h6-7H,2-5,8H2,1H3,(H2,12,13). The summed E-state index contributed by atoms with van der Waals surface area (Å²) in [5, 5.41) is 0. The lowest BCUT2D eigenvalue weighted by atomic mass is 10.2. The van der Waals surface area contributed by atoms with Gasteiger partial charge in [-0.3, -0.25) is 4.90 Å². The first kappa shape index (κ1) is 9.46. The number of nitrogens with two attached hydrogens (primary N) is 1. The van der Waals surface area contributed by atoms with Crippen LogP contribution in [0.5, 0.6) is 0 Å². The molecule has 1 fully saturated rings. The van der Waals surface area contributed by atoms with Crippen molar-refractivity contribution in [2.75, 3.05) is 18.8 Å². The zero-order valence-corrected chi connectivity index (χ0v) is 8.66. The van der Waals surface area contributed by atoms with Crippen molar-refractivity contribution in [3.8, 4) is 0 Å². The normalized spacial score (nSPS) is 17.5. The molecule has 1 aliphatic heterocycles. The Hall–Kier alpha value is -1.09. The summed E-state index contributed by atoms with van der Waals surface area (Å²) in [5.74, 6) is 0.638. The van der Waals surface area contributed by atoms with E-state index in [1.165, 1.54) is 31.5 Å². The van der Waals surface area contributed by atoms with Gasteiger partial charge in [-0.2, -0.15) is 0 Å². The van der Waals surface area contributed by atoms with Gasteiger partial charge in [0.05, 0.1) is 0 Å². The summed E-state index contributed by atoms with van der Waals surface area (Å²) in [5.41, 5.74) is 8.01. The molecule has 1 saturated heterocycles. The molecule has 3 heteroatoms. The minimum absolute atomic E-state index is 0.638. The van der Waals surface area contributed by atoms with Gasteiger partial charge < -0.3 is 5.73 Å². The van der Waals surface area contributed by atoms with Crippen molar-refractivity contribution in [1.29, 1.82) is 0 Å². The van der Waals surface area contributed by atoms with E-state index >= 15 is 0 Å². The van der Waals surface area contributed by atoms with E-state index in [9.17, 15) is 0 Å². The van der Waals surface area contributed by atoms with Gasteiger partial charge in [0.2, 0.25) is 0 Å². The maximum Gasteiger partial charge on any atom is 0.123 e. The monoisotopic (exact) mass is 191 g/mol. The van der Waals surface area contributed by atoms with Gasteiger partial charge >= 0.3 is 0 Å². The molecule has 0 atom stereocenters. The first-order valence-corrected chi connectivity index (χ1v) is 5.19. The van der Waals surface area contributed by atoms with Crippen LogP contribution in [-0.4, -0.2) is 23.0 Å². The maximum absolute atomic E-state index is 5.70. The van der Waals surface area contributed by atoms with Crippen LogP contribution < -0.4 is 5.73 Å². The summed E-state index contributed by atoms with van der Waals surface area (Å²) in [4.78, 5) is 6.63. The van der Waals surface area contributed by atoms with E-state index in [0.717, 1.165) is 12.2 Å². The Morgan fingerprint density at radius 1 is 1.36 bits per heavy atom. The highest BCUT2D eigenvalue weighted by Crippen LogP contribution is 2.14. The quantitative estimate of drug-likeness (QED) is 0.771. The van der Waals surface area contributed by atoms with Crippen molar-refractivity contribution in [2.45, 2.75) is 26.3 Å². The van der Waals surface area contributed by atoms with E-state index in [0.29, 0.717) is 5.82 Å². The lowest BCUT2D eigenvalue weighted by molar-refractivity contribution is 0.331. The number of likely N-dealkylation sites (tertiary alicyclic amines) is 1. The van der Waals surface area contributed by atoms with Crippen molar-refractivity contribution in [2.24, 2.45) is 0 Å². The molecule has 0 radical (unpaired) electrons. The van der Waals surface area contributed by atoms with Crippen molar-refractivity contribution in [3.05, 3.63) is 23.4 Å². The first-order valence-electron chi connectivity index (χ1n) is 5.19. The smallest absolute Gasteiger partial charge is 0.123 e. The summed E-state index contributed by atoms with van der Waals surface area (Å²) in [7, 11) is 0. The molecule has 1 aromatic rings. The molecule has 1 aromatic heterocycles. The van der Waals surface area contributed by atoms with Gasteiger partial charge in [-0.25, -0.2) is 4.98 Å². The molecule has 76 valence electrons. The third-order valence-electron chi connectivity index (χ3n) is 2.64. The Bertz CT molecular complexity index is 296. The lowest BCUT2D eigenvalue weighted by Crippen LogP contribution is -2.18. The molecular formula is C11H17N3. The van der Waals surface area contributed by atoms with Gasteiger partial charge in [0.25, 0.3) is 0 Å². The minimum atomic E-state index is 0.638. The highest BCUT2D eigenvalue weighted by atomic mass is 15.1. The third-order valence-corrected chi connectivity index (χ3v) is 2.64. The minimum Gasteiger partial charge on any atom is -0.384 e. The Kier molecular flexibility index (Phi) is 2.68. The molecule has 0 aromatic carbocycles. The van der Waals surface area contributed by atoms with E-state index in [1.54, 1.807) is 0 Å². The number of anilines is 1. The number of pyridine rings is 1. The van der Waals surface area contributed by atoms with E-state index in [1.807, 2.05) is 13.0 Å². The summed E-state index contributed by atoms with van der Waals surface area (Å²) in [6.07, 6.45) is 2.67. The van der Waals surface area contributed by atoms with Gasteiger partial charge in [-0.15, -0.1) is 0 Å². The average molecular weight is 191 g/mol. The Morgan fingerprint density at radius 3 is 2.71 bits per heavy atom. The summed E-state index contributed by atoms with van der Waals surface area (Å²) in [6.45, 7) is 5.46. The predicted octanol–water partition coefficient (Wildman–Crippen LogP) is 1.57. The van der Waals surface area contributed by atoms with Crippen LogP contribution in [0.15, 0.2) is 12.1 Å². The molecule has 1 aliphatic rings. The summed E-state index contributed by atoms with van der Waals surface area (Å²) < 4.78 is 0. The number of nitrogens with zero attached hydrogens (tertiary/aromatic N) is 2.